The Morgan fingerprint density at radius 2 is 1.90 bits per heavy atom. The lowest BCUT2D eigenvalue weighted by molar-refractivity contribution is 0.0701. The average molecular weight is 392 g/mol. The molecule has 0 N–H and O–H groups in total. The smallest absolute Gasteiger partial charge is 0.141 e. The largest absolute Gasteiger partial charge is 0.496 e. The third-order valence-electron chi connectivity index (χ3n) is 5.87. The number of hydrogen-bond acceptors (Lipinski definition) is 6. The second-order valence-corrected chi connectivity index (χ2v) is 7.63. The van der Waals surface area contributed by atoms with Gasteiger partial charge in [0.05, 0.1) is 35.6 Å². The van der Waals surface area contributed by atoms with Crippen molar-refractivity contribution < 1.29 is 14.0 Å². The Hall–Kier alpha value is -2.93. The van der Waals surface area contributed by atoms with E-state index in [2.05, 4.69) is 28.8 Å². The first kappa shape index (κ1) is 18.1. The number of hydrogen-bond donors (Lipinski definition) is 0. The number of aromatic nitrogens is 4. The summed E-state index contributed by atoms with van der Waals surface area (Å²) in [6.45, 7) is 7.49. The van der Waals surface area contributed by atoms with E-state index in [1.165, 1.54) is 0 Å². The first-order valence-electron chi connectivity index (χ1n) is 9.94. The second-order valence-electron chi connectivity index (χ2n) is 7.63. The van der Waals surface area contributed by atoms with Crippen LogP contribution in [0.25, 0.3) is 33.1 Å². The number of pyridine rings is 1. The Labute approximate surface area is 168 Å². The third kappa shape index (κ3) is 2.80. The molecule has 0 radical (unpaired) electrons. The lowest BCUT2D eigenvalue weighted by Gasteiger charge is -2.25. The van der Waals surface area contributed by atoms with Gasteiger partial charge in [-0.05, 0) is 45.7 Å². The molecule has 1 aliphatic heterocycles. The number of ether oxygens (including phenoxy) is 2. The molecule has 3 aromatic heterocycles. The Morgan fingerprint density at radius 3 is 2.59 bits per heavy atom. The van der Waals surface area contributed by atoms with Crippen LogP contribution in [0.3, 0.4) is 0 Å². The van der Waals surface area contributed by atoms with Gasteiger partial charge in [-0.3, -0.25) is 4.98 Å². The van der Waals surface area contributed by atoms with Crippen LogP contribution in [-0.2, 0) is 4.74 Å². The van der Waals surface area contributed by atoms with E-state index < -0.39 is 0 Å². The molecule has 7 nitrogen and oxygen atoms in total. The Balaban J connectivity index is 1.79. The molecule has 0 aliphatic carbocycles. The quantitative estimate of drug-likeness (QED) is 0.510. The SMILES string of the molecule is COc1cc2c(cc1-c1c(C)noc1C)ncc1nc(C)n(C3CCOCC3)c12. The minimum atomic E-state index is 0.382. The van der Waals surface area contributed by atoms with Crippen molar-refractivity contribution in [2.24, 2.45) is 0 Å². The first-order chi connectivity index (χ1) is 14.1. The molecule has 0 bridgehead atoms. The minimum absolute atomic E-state index is 0.382. The van der Waals surface area contributed by atoms with Crippen molar-refractivity contribution in [3.8, 4) is 16.9 Å². The van der Waals surface area contributed by atoms with Gasteiger partial charge in [0.25, 0.3) is 0 Å². The van der Waals surface area contributed by atoms with Gasteiger partial charge in [0, 0.05) is 30.2 Å². The van der Waals surface area contributed by atoms with Gasteiger partial charge in [-0.15, -0.1) is 0 Å². The number of aryl methyl sites for hydroxylation is 3. The summed E-state index contributed by atoms with van der Waals surface area (Å²) >= 11 is 0. The maximum Gasteiger partial charge on any atom is 0.141 e. The van der Waals surface area contributed by atoms with Crippen LogP contribution in [0.5, 0.6) is 5.75 Å². The summed E-state index contributed by atoms with van der Waals surface area (Å²) < 4.78 is 19.1. The van der Waals surface area contributed by atoms with Crippen molar-refractivity contribution in [1.29, 1.82) is 0 Å². The Kier molecular flexibility index (Phi) is 4.28. The fourth-order valence-electron chi connectivity index (χ4n) is 4.54. The van der Waals surface area contributed by atoms with Crippen LogP contribution < -0.4 is 4.74 Å². The van der Waals surface area contributed by atoms with E-state index in [0.29, 0.717) is 6.04 Å². The van der Waals surface area contributed by atoms with E-state index in [1.54, 1.807) is 7.11 Å². The molecule has 0 atom stereocenters. The molecule has 1 aliphatic rings. The Morgan fingerprint density at radius 1 is 1.10 bits per heavy atom. The minimum Gasteiger partial charge on any atom is -0.496 e. The van der Waals surface area contributed by atoms with Crippen LogP contribution in [0.2, 0.25) is 0 Å². The standard InChI is InChI=1S/C22H24N4O3/c1-12-21(13(2)29-25-12)17-9-18-16(10-20(17)27-4)22-19(11-23-18)24-14(3)26(22)15-5-7-28-8-6-15/h9-11,15H,5-8H2,1-4H3. The normalized spacial score (nSPS) is 15.4. The number of fused-ring (bicyclic) bond motifs is 3. The molecule has 1 saturated heterocycles. The summed E-state index contributed by atoms with van der Waals surface area (Å²) in [7, 11) is 1.69. The highest BCUT2D eigenvalue weighted by Crippen LogP contribution is 2.40. The molecule has 0 saturated carbocycles. The topological polar surface area (TPSA) is 75.2 Å². The molecule has 1 aromatic carbocycles. The fourth-order valence-corrected chi connectivity index (χ4v) is 4.54. The summed E-state index contributed by atoms with van der Waals surface area (Å²) in [6, 6.07) is 4.52. The zero-order valence-electron chi connectivity index (χ0n) is 17.2. The highest BCUT2D eigenvalue weighted by atomic mass is 16.5. The number of benzene rings is 1. The molecule has 1 fully saturated rings. The summed E-state index contributed by atoms with van der Waals surface area (Å²) in [6.07, 6.45) is 3.85. The monoisotopic (exact) mass is 392 g/mol. The van der Waals surface area contributed by atoms with Crippen molar-refractivity contribution in [3.63, 3.8) is 0 Å². The van der Waals surface area contributed by atoms with Crippen molar-refractivity contribution >= 4 is 21.9 Å². The number of imidazole rings is 1. The molecule has 0 spiro atoms. The van der Waals surface area contributed by atoms with Gasteiger partial charge in [0.1, 0.15) is 22.9 Å². The maximum absolute atomic E-state index is 5.78. The van der Waals surface area contributed by atoms with Crippen molar-refractivity contribution in [2.75, 3.05) is 20.3 Å². The molecule has 4 aromatic rings. The highest BCUT2D eigenvalue weighted by Gasteiger charge is 2.23. The predicted molar refractivity (Wildman–Crippen MR) is 110 cm³/mol. The molecular formula is C22H24N4O3. The van der Waals surface area contributed by atoms with E-state index in [1.807, 2.05) is 20.0 Å². The maximum atomic E-state index is 5.78. The molecule has 5 rings (SSSR count). The van der Waals surface area contributed by atoms with Gasteiger partial charge >= 0.3 is 0 Å². The van der Waals surface area contributed by atoms with Crippen LogP contribution >= 0.6 is 0 Å². The lowest BCUT2D eigenvalue weighted by atomic mass is 10.00. The molecule has 7 heteroatoms. The third-order valence-corrected chi connectivity index (χ3v) is 5.87. The van der Waals surface area contributed by atoms with Crippen LogP contribution in [0.15, 0.2) is 22.9 Å². The molecule has 0 amide bonds. The van der Waals surface area contributed by atoms with Crippen molar-refractivity contribution in [2.45, 2.75) is 39.7 Å². The van der Waals surface area contributed by atoms with Crippen LogP contribution in [-0.4, -0.2) is 40.0 Å². The van der Waals surface area contributed by atoms with E-state index >= 15 is 0 Å². The van der Waals surface area contributed by atoms with E-state index in [0.717, 1.165) is 82.1 Å². The first-order valence-corrected chi connectivity index (χ1v) is 9.94. The van der Waals surface area contributed by atoms with Gasteiger partial charge in [0.2, 0.25) is 0 Å². The Bertz CT molecular complexity index is 1200. The van der Waals surface area contributed by atoms with Gasteiger partial charge in [-0.1, -0.05) is 5.16 Å². The zero-order chi connectivity index (χ0) is 20.1. The summed E-state index contributed by atoms with van der Waals surface area (Å²) in [5, 5.41) is 5.14. The van der Waals surface area contributed by atoms with Crippen molar-refractivity contribution in [1.82, 2.24) is 19.7 Å². The number of nitrogens with zero attached hydrogens (tertiary/aromatic N) is 4. The number of rotatable bonds is 3. The molecule has 29 heavy (non-hydrogen) atoms. The van der Waals surface area contributed by atoms with E-state index in [-0.39, 0.29) is 0 Å². The number of methoxy groups -OCH3 is 1. The van der Waals surface area contributed by atoms with Gasteiger partial charge in [-0.25, -0.2) is 4.98 Å². The molecule has 150 valence electrons. The van der Waals surface area contributed by atoms with Crippen LogP contribution in [0.1, 0.15) is 36.2 Å². The van der Waals surface area contributed by atoms with Gasteiger partial charge in [-0.2, -0.15) is 0 Å². The van der Waals surface area contributed by atoms with Crippen LogP contribution in [0, 0.1) is 20.8 Å². The summed E-state index contributed by atoms with van der Waals surface area (Å²) in [4.78, 5) is 9.50. The fraction of sp³-hybridized carbons (Fsp3) is 0.409. The van der Waals surface area contributed by atoms with Gasteiger partial charge in [0.15, 0.2) is 0 Å². The molecular weight excluding hydrogens is 368 g/mol. The average Bonchev–Trinajstić information content (AvgIpc) is 3.25. The van der Waals surface area contributed by atoms with Gasteiger partial charge < -0.3 is 18.6 Å². The van der Waals surface area contributed by atoms with E-state index in [9.17, 15) is 0 Å². The molecule has 4 heterocycles. The summed E-state index contributed by atoms with van der Waals surface area (Å²) in [5.74, 6) is 2.55. The van der Waals surface area contributed by atoms with E-state index in [4.69, 9.17) is 24.0 Å². The lowest BCUT2D eigenvalue weighted by Crippen LogP contribution is -2.20. The van der Waals surface area contributed by atoms with Crippen LogP contribution in [0.4, 0.5) is 0 Å². The zero-order valence-corrected chi connectivity index (χ0v) is 17.2. The predicted octanol–water partition coefficient (Wildman–Crippen LogP) is 4.52. The molecule has 0 unspecified atom stereocenters. The second kappa shape index (κ2) is 6.84. The highest BCUT2D eigenvalue weighted by molar-refractivity contribution is 6.05. The van der Waals surface area contributed by atoms with Crippen molar-refractivity contribution in [3.05, 3.63) is 35.6 Å². The summed E-state index contributed by atoms with van der Waals surface area (Å²) in [5.41, 5.74) is 5.67.